The van der Waals surface area contributed by atoms with Crippen molar-refractivity contribution < 1.29 is 4.79 Å². The number of thiophene rings is 1. The molecule has 1 saturated heterocycles. The standard InChI is InChI=1S/C11H15N3OS/c1-3-7-5-6-8(16-7)9-10(15)14-11(13-9)12-4-2/h5-6,9H,3-4H2,1-2H3,(H2,12,13,14,15). The summed E-state index contributed by atoms with van der Waals surface area (Å²) in [6, 6.07) is 3.81. The lowest BCUT2D eigenvalue weighted by atomic mass is 10.2. The number of rotatable bonds is 3. The average Bonchev–Trinajstić information content (AvgIpc) is 2.85. The van der Waals surface area contributed by atoms with Crippen molar-refractivity contribution >= 4 is 23.2 Å². The fourth-order valence-corrected chi connectivity index (χ4v) is 2.61. The minimum absolute atomic E-state index is 0.0169. The van der Waals surface area contributed by atoms with Crippen LogP contribution in [0, 0.1) is 0 Å². The fraction of sp³-hybridized carbons (Fsp3) is 0.455. The average molecular weight is 237 g/mol. The van der Waals surface area contributed by atoms with Crippen LogP contribution in [0.4, 0.5) is 0 Å². The van der Waals surface area contributed by atoms with Crippen molar-refractivity contribution in [1.82, 2.24) is 10.6 Å². The van der Waals surface area contributed by atoms with Crippen LogP contribution in [0.3, 0.4) is 0 Å². The van der Waals surface area contributed by atoms with Crippen LogP contribution in [0.5, 0.6) is 0 Å². The van der Waals surface area contributed by atoms with E-state index in [9.17, 15) is 4.79 Å². The van der Waals surface area contributed by atoms with Crippen LogP contribution in [0.1, 0.15) is 29.6 Å². The number of hydrogen-bond donors (Lipinski definition) is 2. The van der Waals surface area contributed by atoms with Crippen molar-refractivity contribution in [3.05, 3.63) is 21.9 Å². The van der Waals surface area contributed by atoms with Crippen LogP contribution in [-0.2, 0) is 11.2 Å². The molecule has 1 unspecified atom stereocenters. The van der Waals surface area contributed by atoms with Gasteiger partial charge >= 0.3 is 0 Å². The number of guanidine groups is 1. The van der Waals surface area contributed by atoms with Crippen molar-refractivity contribution in [2.45, 2.75) is 26.3 Å². The molecule has 1 atom stereocenters. The highest BCUT2D eigenvalue weighted by molar-refractivity contribution is 7.12. The Bertz CT molecular complexity index is 425. The van der Waals surface area contributed by atoms with E-state index >= 15 is 0 Å². The molecule has 1 aromatic heterocycles. The molecular formula is C11H15N3OS. The highest BCUT2D eigenvalue weighted by atomic mass is 32.1. The predicted octanol–water partition coefficient (Wildman–Crippen LogP) is 1.45. The molecule has 2 N–H and O–H groups in total. The van der Waals surface area contributed by atoms with Crippen molar-refractivity contribution in [2.75, 3.05) is 6.54 Å². The summed E-state index contributed by atoms with van der Waals surface area (Å²) in [5, 5.41) is 5.83. The Balaban J connectivity index is 2.16. The third-order valence-corrected chi connectivity index (χ3v) is 3.71. The molecule has 2 heterocycles. The summed E-state index contributed by atoms with van der Waals surface area (Å²) in [4.78, 5) is 18.2. The van der Waals surface area contributed by atoms with E-state index in [0.717, 1.165) is 11.3 Å². The molecule has 0 spiro atoms. The van der Waals surface area contributed by atoms with Gasteiger partial charge in [-0.3, -0.25) is 15.1 Å². The van der Waals surface area contributed by atoms with E-state index in [1.807, 2.05) is 13.0 Å². The molecule has 1 aliphatic heterocycles. The van der Waals surface area contributed by atoms with Gasteiger partial charge in [0.1, 0.15) is 6.04 Å². The maximum atomic E-state index is 11.7. The first kappa shape index (κ1) is 11.1. The second-order valence-electron chi connectivity index (χ2n) is 3.55. The molecule has 16 heavy (non-hydrogen) atoms. The Hall–Kier alpha value is -1.36. The molecule has 5 heteroatoms. The maximum absolute atomic E-state index is 11.7. The minimum Gasteiger partial charge on any atom is -0.340 e. The summed E-state index contributed by atoms with van der Waals surface area (Å²) in [5.41, 5.74) is 0. The molecular weight excluding hydrogens is 222 g/mol. The lowest BCUT2D eigenvalue weighted by Gasteiger charge is -2.03. The Labute approximate surface area is 98.8 Å². The first-order valence-electron chi connectivity index (χ1n) is 5.45. The summed E-state index contributed by atoms with van der Waals surface area (Å²) < 4.78 is 0. The summed E-state index contributed by atoms with van der Waals surface area (Å²) in [6.07, 6.45) is 1.01. The van der Waals surface area contributed by atoms with Gasteiger partial charge in [-0.05, 0) is 25.5 Å². The van der Waals surface area contributed by atoms with Crippen LogP contribution in [-0.4, -0.2) is 18.4 Å². The van der Waals surface area contributed by atoms with Gasteiger partial charge in [-0.15, -0.1) is 11.3 Å². The number of nitrogens with zero attached hydrogens (tertiary/aromatic N) is 1. The first-order valence-corrected chi connectivity index (χ1v) is 6.26. The zero-order valence-corrected chi connectivity index (χ0v) is 10.2. The number of nitrogens with one attached hydrogen (secondary N) is 2. The molecule has 0 saturated carbocycles. The highest BCUT2D eigenvalue weighted by Gasteiger charge is 2.30. The summed E-state index contributed by atoms with van der Waals surface area (Å²) >= 11 is 1.68. The molecule has 1 aromatic rings. The molecule has 0 radical (unpaired) electrons. The molecule has 4 nitrogen and oxygen atoms in total. The molecule has 0 bridgehead atoms. The summed E-state index contributed by atoms with van der Waals surface area (Å²) in [5.74, 6) is 0.570. The van der Waals surface area contributed by atoms with Gasteiger partial charge in [-0.2, -0.15) is 0 Å². The number of amides is 1. The second kappa shape index (κ2) is 4.65. The van der Waals surface area contributed by atoms with Crippen molar-refractivity contribution in [3.8, 4) is 0 Å². The van der Waals surface area contributed by atoms with Crippen molar-refractivity contribution in [2.24, 2.45) is 4.99 Å². The quantitative estimate of drug-likeness (QED) is 0.836. The first-order chi connectivity index (χ1) is 7.74. The maximum Gasteiger partial charge on any atom is 0.254 e. The van der Waals surface area contributed by atoms with Gasteiger partial charge < -0.3 is 5.32 Å². The van der Waals surface area contributed by atoms with Crippen LogP contribution in [0.2, 0.25) is 0 Å². The molecule has 0 aliphatic carbocycles. The van der Waals surface area contributed by atoms with Gasteiger partial charge in [0, 0.05) is 16.3 Å². The third-order valence-electron chi connectivity index (χ3n) is 2.42. The Morgan fingerprint density at radius 2 is 2.25 bits per heavy atom. The Morgan fingerprint density at radius 1 is 1.44 bits per heavy atom. The molecule has 86 valence electrons. The van der Waals surface area contributed by atoms with Crippen LogP contribution < -0.4 is 10.6 Å². The minimum atomic E-state index is -0.268. The van der Waals surface area contributed by atoms with Gasteiger partial charge in [-0.25, -0.2) is 0 Å². The number of carbonyl (C=O) groups excluding carboxylic acids is 1. The van der Waals surface area contributed by atoms with Gasteiger partial charge in [0.2, 0.25) is 0 Å². The largest absolute Gasteiger partial charge is 0.340 e. The fourth-order valence-electron chi connectivity index (χ4n) is 1.61. The number of hydrogen-bond acceptors (Lipinski definition) is 3. The molecule has 0 aromatic carbocycles. The second-order valence-corrected chi connectivity index (χ2v) is 4.75. The van der Waals surface area contributed by atoms with E-state index in [0.29, 0.717) is 12.5 Å². The molecule has 1 fully saturated rings. The summed E-state index contributed by atoms with van der Waals surface area (Å²) in [6.45, 7) is 4.72. The predicted molar refractivity (Wildman–Crippen MR) is 65.7 cm³/mol. The van der Waals surface area contributed by atoms with Gasteiger partial charge in [0.15, 0.2) is 5.96 Å². The van der Waals surface area contributed by atoms with Crippen LogP contribution in [0.25, 0.3) is 0 Å². The number of carbonyl (C=O) groups is 1. The topological polar surface area (TPSA) is 53.5 Å². The third kappa shape index (κ3) is 2.09. The van der Waals surface area contributed by atoms with Gasteiger partial charge in [0.25, 0.3) is 5.91 Å². The smallest absolute Gasteiger partial charge is 0.254 e. The Kier molecular flexibility index (Phi) is 3.24. The zero-order valence-electron chi connectivity index (χ0n) is 9.41. The SMILES string of the molecule is CCN=C1NC(=O)C(c2ccc(CC)s2)N1. The Morgan fingerprint density at radius 3 is 2.88 bits per heavy atom. The normalized spacial score (nSPS) is 22.2. The van der Waals surface area contributed by atoms with E-state index < -0.39 is 0 Å². The van der Waals surface area contributed by atoms with Crippen molar-refractivity contribution in [3.63, 3.8) is 0 Å². The van der Waals surface area contributed by atoms with E-state index in [1.54, 1.807) is 11.3 Å². The highest BCUT2D eigenvalue weighted by Crippen LogP contribution is 2.25. The van der Waals surface area contributed by atoms with Crippen molar-refractivity contribution in [1.29, 1.82) is 0 Å². The van der Waals surface area contributed by atoms with E-state index in [2.05, 4.69) is 28.6 Å². The van der Waals surface area contributed by atoms with Gasteiger partial charge in [0.05, 0.1) is 0 Å². The summed E-state index contributed by atoms with van der Waals surface area (Å²) in [7, 11) is 0. The van der Waals surface area contributed by atoms with Crippen LogP contribution in [0.15, 0.2) is 17.1 Å². The van der Waals surface area contributed by atoms with E-state index in [-0.39, 0.29) is 11.9 Å². The molecule has 2 rings (SSSR count). The molecule has 1 amide bonds. The number of aliphatic imine (C=N–C) groups is 1. The zero-order chi connectivity index (χ0) is 11.5. The number of aryl methyl sites for hydroxylation is 1. The molecule has 1 aliphatic rings. The van der Waals surface area contributed by atoms with Gasteiger partial charge in [-0.1, -0.05) is 6.92 Å². The van der Waals surface area contributed by atoms with Crippen LogP contribution >= 0.6 is 11.3 Å². The van der Waals surface area contributed by atoms with E-state index in [1.165, 1.54) is 4.88 Å². The lowest BCUT2D eigenvalue weighted by molar-refractivity contribution is -0.120. The monoisotopic (exact) mass is 237 g/mol. The lowest BCUT2D eigenvalue weighted by Crippen LogP contribution is -2.25. The van der Waals surface area contributed by atoms with E-state index in [4.69, 9.17) is 0 Å².